The van der Waals surface area contributed by atoms with Gasteiger partial charge in [0.05, 0.1) is 24.0 Å². The molecule has 0 fully saturated rings. The van der Waals surface area contributed by atoms with Gasteiger partial charge in [-0.3, -0.25) is 0 Å². The van der Waals surface area contributed by atoms with E-state index in [0.29, 0.717) is 5.56 Å². The Hall–Kier alpha value is -3.66. The van der Waals surface area contributed by atoms with Crippen LogP contribution in [0.5, 0.6) is 0 Å². The van der Waals surface area contributed by atoms with E-state index in [2.05, 4.69) is 43.0 Å². The number of esters is 1. The number of benzene rings is 4. The van der Waals surface area contributed by atoms with Crippen LogP contribution in [0.25, 0.3) is 10.8 Å². The van der Waals surface area contributed by atoms with Crippen LogP contribution in [0.3, 0.4) is 0 Å². The smallest absolute Gasteiger partial charge is 0.337 e. The molecule has 0 saturated heterocycles. The van der Waals surface area contributed by atoms with Crippen molar-refractivity contribution in [1.82, 2.24) is 0 Å². The lowest BCUT2D eigenvalue weighted by molar-refractivity contribution is 0.0601. The van der Waals surface area contributed by atoms with E-state index in [1.54, 1.807) is 12.1 Å². The summed E-state index contributed by atoms with van der Waals surface area (Å²) in [6.45, 7) is 4.45. The Morgan fingerprint density at radius 3 is 2.39 bits per heavy atom. The highest BCUT2D eigenvalue weighted by Gasteiger charge is 2.38. The Morgan fingerprint density at radius 1 is 0.903 bits per heavy atom. The predicted octanol–water partition coefficient (Wildman–Crippen LogP) is 6.87. The molecule has 0 radical (unpaired) electrons. The number of ether oxygens (including phenoxy) is 1. The Kier molecular flexibility index (Phi) is 4.33. The van der Waals surface area contributed by atoms with E-state index >= 15 is 0 Å². The molecule has 0 amide bonds. The second kappa shape index (κ2) is 6.95. The average molecular weight is 411 g/mol. The van der Waals surface area contributed by atoms with Gasteiger partial charge in [0.1, 0.15) is 5.82 Å². The molecule has 1 aliphatic heterocycles. The lowest BCUT2D eigenvalue weighted by atomic mass is 9.71. The van der Waals surface area contributed by atoms with Crippen LogP contribution in [-0.4, -0.2) is 13.1 Å². The van der Waals surface area contributed by atoms with Crippen LogP contribution in [0.15, 0.2) is 78.9 Å². The zero-order valence-corrected chi connectivity index (χ0v) is 17.6. The molecule has 1 aliphatic rings. The molecule has 0 saturated carbocycles. The van der Waals surface area contributed by atoms with Crippen LogP contribution < -0.4 is 4.90 Å². The van der Waals surface area contributed by atoms with Gasteiger partial charge in [0.2, 0.25) is 0 Å². The van der Waals surface area contributed by atoms with E-state index in [1.807, 2.05) is 30.3 Å². The molecule has 4 heteroatoms. The molecular formula is C27H22FNO2. The average Bonchev–Trinajstić information content (AvgIpc) is 2.79. The molecule has 3 nitrogen and oxygen atoms in total. The van der Waals surface area contributed by atoms with Crippen molar-refractivity contribution in [3.63, 3.8) is 0 Å². The van der Waals surface area contributed by atoms with E-state index in [9.17, 15) is 9.18 Å². The monoisotopic (exact) mass is 411 g/mol. The van der Waals surface area contributed by atoms with Crippen LogP contribution in [0.1, 0.15) is 35.3 Å². The molecular weight excluding hydrogens is 389 g/mol. The number of para-hydroxylation sites is 1. The third-order valence-corrected chi connectivity index (χ3v) is 6.19. The van der Waals surface area contributed by atoms with Gasteiger partial charge in [0.15, 0.2) is 0 Å². The van der Waals surface area contributed by atoms with Crippen molar-refractivity contribution >= 4 is 33.8 Å². The first-order valence-electron chi connectivity index (χ1n) is 10.2. The number of anilines is 3. The summed E-state index contributed by atoms with van der Waals surface area (Å²) in [6, 6.07) is 24.7. The van der Waals surface area contributed by atoms with Gasteiger partial charge in [-0.1, -0.05) is 44.2 Å². The van der Waals surface area contributed by atoms with E-state index in [0.717, 1.165) is 27.8 Å². The summed E-state index contributed by atoms with van der Waals surface area (Å²) in [4.78, 5) is 14.2. The van der Waals surface area contributed by atoms with Gasteiger partial charge in [-0.2, -0.15) is 0 Å². The van der Waals surface area contributed by atoms with Crippen molar-refractivity contribution in [2.75, 3.05) is 12.0 Å². The Morgan fingerprint density at radius 2 is 1.65 bits per heavy atom. The van der Waals surface area contributed by atoms with Crippen LogP contribution in [0.4, 0.5) is 21.5 Å². The van der Waals surface area contributed by atoms with E-state index in [4.69, 9.17) is 4.74 Å². The summed E-state index contributed by atoms with van der Waals surface area (Å²) < 4.78 is 18.5. The maximum atomic E-state index is 13.7. The lowest BCUT2D eigenvalue weighted by Crippen LogP contribution is -2.30. The summed E-state index contributed by atoms with van der Waals surface area (Å²) in [7, 11) is 1.39. The second-order valence-corrected chi connectivity index (χ2v) is 8.34. The van der Waals surface area contributed by atoms with Gasteiger partial charge in [0.25, 0.3) is 0 Å². The van der Waals surface area contributed by atoms with Crippen LogP contribution in [-0.2, 0) is 10.2 Å². The van der Waals surface area contributed by atoms with Crippen molar-refractivity contribution in [3.8, 4) is 0 Å². The van der Waals surface area contributed by atoms with E-state index in [1.165, 1.54) is 30.4 Å². The molecule has 0 aliphatic carbocycles. The summed E-state index contributed by atoms with van der Waals surface area (Å²) in [5.74, 6) is -0.611. The molecule has 0 spiro atoms. The van der Waals surface area contributed by atoms with Crippen LogP contribution in [0.2, 0.25) is 0 Å². The maximum absolute atomic E-state index is 13.7. The van der Waals surface area contributed by atoms with E-state index in [-0.39, 0.29) is 17.2 Å². The highest BCUT2D eigenvalue weighted by atomic mass is 19.1. The third kappa shape index (κ3) is 2.90. The zero-order valence-electron chi connectivity index (χ0n) is 17.6. The van der Waals surface area contributed by atoms with Gasteiger partial charge >= 0.3 is 5.97 Å². The minimum absolute atomic E-state index is 0.261. The number of hydrogen-bond acceptors (Lipinski definition) is 3. The molecule has 0 bridgehead atoms. The highest BCUT2D eigenvalue weighted by molar-refractivity contribution is 6.01. The normalized spacial score (nSPS) is 14.1. The number of rotatable bonds is 2. The first-order valence-corrected chi connectivity index (χ1v) is 10.2. The SMILES string of the molecule is COC(=O)c1ccc2c3c(ccc2c1)N(c1ccc(F)cc1)c1ccccc1C3(C)C. The maximum Gasteiger partial charge on any atom is 0.337 e. The fourth-order valence-electron chi connectivity index (χ4n) is 4.74. The minimum Gasteiger partial charge on any atom is -0.465 e. The van der Waals surface area contributed by atoms with Crippen molar-refractivity contribution in [3.05, 3.63) is 101 Å². The van der Waals surface area contributed by atoms with Crippen LogP contribution >= 0.6 is 0 Å². The van der Waals surface area contributed by atoms with Crippen molar-refractivity contribution in [2.45, 2.75) is 19.3 Å². The predicted molar refractivity (Wildman–Crippen MR) is 122 cm³/mol. The molecule has 0 atom stereocenters. The van der Waals surface area contributed by atoms with Gasteiger partial charge in [-0.05, 0) is 70.4 Å². The number of fused-ring (bicyclic) bond motifs is 4. The Balaban J connectivity index is 1.82. The zero-order chi connectivity index (χ0) is 21.8. The molecule has 154 valence electrons. The van der Waals surface area contributed by atoms with Crippen molar-refractivity contribution < 1.29 is 13.9 Å². The first kappa shape index (κ1) is 19.3. The van der Waals surface area contributed by atoms with Gasteiger partial charge in [0, 0.05) is 11.1 Å². The minimum atomic E-state index is -0.350. The number of methoxy groups -OCH3 is 1. The summed E-state index contributed by atoms with van der Waals surface area (Å²) in [5, 5.41) is 2.06. The Labute approximate surface area is 180 Å². The molecule has 5 rings (SSSR count). The van der Waals surface area contributed by atoms with Crippen molar-refractivity contribution in [2.24, 2.45) is 0 Å². The molecule has 0 unspecified atom stereocenters. The molecule has 1 heterocycles. The quantitative estimate of drug-likeness (QED) is 0.337. The molecule has 0 N–H and O–H groups in total. The molecule has 4 aromatic rings. The lowest BCUT2D eigenvalue weighted by Gasteiger charge is -2.42. The standard InChI is InChI=1S/C27H22FNO2/c1-27(2)22-6-4-5-7-23(22)29(20-12-10-19(28)11-13-20)24-15-9-17-16-18(26(30)31-3)8-14-21(17)25(24)27/h4-16H,1-3H3. The van der Waals surface area contributed by atoms with Gasteiger partial charge in [-0.15, -0.1) is 0 Å². The largest absolute Gasteiger partial charge is 0.465 e. The molecule has 31 heavy (non-hydrogen) atoms. The van der Waals surface area contributed by atoms with Gasteiger partial charge in [-0.25, -0.2) is 9.18 Å². The number of carbonyl (C=O) groups is 1. The third-order valence-electron chi connectivity index (χ3n) is 6.19. The number of carbonyl (C=O) groups excluding carboxylic acids is 1. The van der Waals surface area contributed by atoms with Gasteiger partial charge < -0.3 is 9.64 Å². The van der Waals surface area contributed by atoms with Crippen LogP contribution in [0, 0.1) is 5.82 Å². The summed E-state index contributed by atoms with van der Waals surface area (Å²) >= 11 is 0. The Bertz CT molecular complexity index is 1330. The van der Waals surface area contributed by atoms with E-state index < -0.39 is 0 Å². The topological polar surface area (TPSA) is 29.5 Å². The molecule has 4 aromatic carbocycles. The number of hydrogen-bond donors (Lipinski definition) is 0. The fourth-order valence-corrected chi connectivity index (χ4v) is 4.74. The highest BCUT2D eigenvalue weighted by Crippen LogP contribution is 2.53. The number of halogens is 1. The molecule has 0 aromatic heterocycles. The first-order chi connectivity index (χ1) is 14.9. The summed E-state index contributed by atoms with van der Waals surface area (Å²) in [5.41, 5.74) is 5.65. The number of nitrogens with zero attached hydrogens (tertiary/aromatic N) is 1. The fraction of sp³-hybridized carbons (Fsp3) is 0.148. The van der Waals surface area contributed by atoms with Crippen molar-refractivity contribution in [1.29, 1.82) is 0 Å². The summed E-state index contributed by atoms with van der Waals surface area (Å²) in [6.07, 6.45) is 0. The second-order valence-electron chi connectivity index (χ2n) is 8.34.